The number of anilines is 2. The largest absolute Gasteiger partial charge is 0.385 e. The van der Waals surface area contributed by atoms with E-state index in [1.54, 1.807) is 24.3 Å². The number of carbonyl (C=O) groups excluding carboxylic acids is 1. The molecule has 0 heterocycles. The van der Waals surface area contributed by atoms with Crippen LogP contribution in [-0.4, -0.2) is 12.5 Å². The second kappa shape index (κ2) is 6.64. The molecule has 0 aromatic heterocycles. The predicted octanol–water partition coefficient (Wildman–Crippen LogP) is 4.68. The minimum atomic E-state index is -0.208. The Morgan fingerprint density at radius 3 is 2.40 bits per heavy atom. The summed E-state index contributed by atoms with van der Waals surface area (Å²) in [6, 6.07) is 12.3. The molecule has 0 aliphatic rings. The third kappa shape index (κ3) is 3.65. The third-order valence-electron chi connectivity index (χ3n) is 2.66. The van der Waals surface area contributed by atoms with Crippen LogP contribution in [0.15, 0.2) is 42.5 Å². The minimum Gasteiger partial charge on any atom is -0.385 e. The summed E-state index contributed by atoms with van der Waals surface area (Å²) in [5.74, 6) is -0.208. The van der Waals surface area contributed by atoms with Crippen molar-refractivity contribution in [3.05, 3.63) is 58.1 Å². The smallest absolute Gasteiger partial charge is 0.257 e. The molecule has 2 aromatic rings. The van der Waals surface area contributed by atoms with Crippen LogP contribution in [0.2, 0.25) is 10.0 Å². The van der Waals surface area contributed by atoms with E-state index in [2.05, 4.69) is 10.6 Å². The minimum absolute atomic E-state index is 0.208. The Hall–Kier alpha value is -1.71. The highest BCUT2D eigenvalue weighted by molar-refractivity contribution is 6.35. The van der Waals surface area contributed by atoms with Crippen molar-refractivity contribution >= 4 is 40.5 Å². The van der Waals surface area contributed by atoms with E-state index >= 15 is 0 Å². The second-order valence-electron chi connectivity index (χ2n) is 4.19. The molecule has 0 atom stereocenters. The normalized spacial score (nSPS) is 10.2. The Morgan fingerprint density at radius 1 is 1.10 bits per heavy atom. The Labute approximate surface area is 127 Å². The zero-order chi connectivity index (χ0) is 14.5. The molecule has 2 N–H and O–H groups in total. The molecule has 0 bridgehead atoms. The van der Waals surface area contributed by atoms with Crippen molar-refractivity contribution in [3.63, 3.8) is 0 Å². The highest BCUT2D eigenvalue weighted by atomic mass is 35.5. The van der Waals surface area contributed by atoms with E-state index in [-0.39, 0.29) is 5.91 Å². The summed E-state index contributed by atoms with van der Waals surface area (Å²) >= 11 is 11.8. The van der Waals surface area contributed by atoms with Crippen molar-refractivity contribution in [2.75, 3.05) is 17.2 Å². The van der Waals surface area contributed by atoms with Gasteiger partial charge in [-0.25, -0.2) is 0 Å². The topological polar surface area (TPSA) is 41.1 Å². The van der Waals surface area contributed by atoms with E-state index < -0.39 is 0 Å². The van der Waals surface area contributed by atoms with E-state index in [0.717, 1.165) is 12.2 Å². The monoisotopic (exact) mass is 308 g/mol. The molecule has 0 saturated heterocycles. The zero-order valence-corrected chi connectivity index (χ0v) is 12.4. The van der Waals surface area contributed by atoms with Gasteiger partial charge in [0.05, 0.1) is 5.56 Å². The van der Waals surface area contributed by atoms with E-state index in [1.165, 1.54) is 0 Å². The van der Waals surface area contributed by atoms with Gasteiger partial charge >= 0.3 is 0 Å². The molecule has 0 saturated carbocycles. The van der Waals surface area contributed by atoms with Crippen LogP contribution >= 0.6 is 23.2 Å². The van der Waals surface area contributed by atoms with Gasteiger partial charge in [0, 0.05) is 28.0 Å². The van der Waals surface area contributed by atoms with Crippen LogP contribution in [0.1, 0.15) is 17.3 Å². The highest BCUT2D eigenvalue weighted by Gasteiger charge is 2.11. The first-order chi connectivity index (χ1) is 9.60. The Balaban J connectivity index is 2.23. The van der Waals surface area contributed by atoms with Crippen molar-refractivity contribution in [2.45, 2.75) is 6.92 Å². The molecule has 0 spiro atoms. The number of hydrogen-bond acceptors (Lipinski definition) is 2. The van der Waals surface area contributed by atoms with Gasteiger partial charge in [0.15, 0.2) is 0 Å². The molecule has 5 heteroatoms. The first-order valence-corrected chi connectivity index (χ1v) is 6.96. The van der Waals surface area contributed by atoms with Crippen LogP contribution in [-0.2, 0) is 0 Å². The van der Waals surface area contributed by atoms with Crippen molar-refractivity contribution < 1.29 is 4.79 Å². The van der Waals surface area contributed by atoms with E-state index in [4.69, 9.17) is 23.2 Å². The maximum Gasteiger partial charge on any atom is 0.257 e. The average Bonchev–Trinajstić information content (AvgIpc) is 2.38. The second-order valence-corrected chi connectivity index (χ2v) is 5.06. The molecular weight excluding hydrogens is 295 g/mol. The quantitative estimate of drug-likeness (QED) is 0.861. The number of halogens is 2. The summed E-state index contributed by atoms with van der Waals surface area (Å²) in [6.45, 7) is 2.72. The molecule has 2 rings (SSSR count). The van der Waals surface area contributed by atoms with Crippen LogP contribution in [0.3, 0.4) is 0 Å². The van der Waals surface area contributed by atoms with Gasteiger partial charge in [0.25, 0.3) is 5.91 Å². The van der Waals surface area contributed by atoms with Gasteiger partial charge in [0.1, 0.15) is 0 Å². The number of amides is 1. The lowest BCUT2D eigenvalue weighted by Crippen LogP contribution is -2.14. The standard InChI is InChI=1S/C15H14Cl2N2O/c1-2-18-14-6-4-3-5-13(14)15(20)19-12-8-10(16)7-11(17)9-12/h3-9,18H,2H2,1H3,(H,19,20). The molecule has 3 nitrogen and oxygen atoms in total. The third-order valence-corrected chi connectivity index (χ3v) is 3.10. The van der Waals surface area contributed by atoms with Gasteiger partial charge in [-0.3, -0.25) is 4.79 Å². The molecule has 1 amide bonds. The van der Waals surface area contributed by atoms with Crippen molar-refractivity contribution in [2.24, 2.45) is 0 Å². The van der Waals surface area contributed by atoms with Gasteiger partial charge < -0.3 is 10.6 Å². The first-order valence-electron chi connectivity index (χ1n) is 6.20. The van der Waals surface area contributed by atoms with E-state index in [0.29, 0.717) is 21.3 Å². The molecule has 20 heavy (non-hydrogen) atoms. The van der Waals surface area contributed by atoms with Crippen molar-refractivity contribution in [1.29, 1.82) is 0 Å². The molecular formula is C15H14Cl2N2O. The lowest BCUT2D eigenvalue weighted by atomic mass is 10.1. The van der Waals surface area contributed by atoms with Gasteiger partial charge in [-0.15, -0.1) is 0 Å². The summed E-state index contributed by atoms with van der Waals surface area (Å²) in [5, 5.41) is 6.90. The first kappa shape index (κ1) is 14.7. The Bertz CT molecular complexity index is 609. The fourth-order valence-corrected chi connectivity index (χ4v) is 2.38. The number of para-hydroxylation sites is 1. The summed E-state index contributed by atoms with van der Waals surface area (Å²) < 4.78 is 0. The zero-order valence-electron chi connectivity index (χ0n) is 10.9. The van der Waals surface area contributed by atoms with E-state index in [9.17, 15) is 4.79 Å². The summed E-state index contributed by atoms with van der Waals surface area (Å²) in [6.07, 6.45) is 0. The summed E-state index contributed by atoms with van der Waals surface area (Å²) in [5.41, 5.74) is 1.94. The molecule has 0 radical (unpaired) electrons. The lowest BCUT2D eigenvalue weighted by molar-refractivity contribution is 0.102. The van der Waals surface area contributed by atoms with Crippen molar-refractivity contribution in [1.82, 2.24) is 0 Å². The number of carbonyl (C=O) groups is 1. The Morgan fingerprint density at radius 2 is 1.75 bits per heavy atom. The molecule has 0 unspecified atom stereocenters. The van der Waals surface area contributed by atoms with Gasteiger partial charge in [0.2, 0.25) is 0 Å². The number of benzene rings is 2. The highest BCUT2D eigenvalue weighted by Crippen LogP contribution is 2.24. The maximum atomic E-state index is 12.3. The van der Waals surface area contributed by atoms with Gasteiger partial charge in [-0.05, 0) is 37.3 Å². The van der Waals surface area contributed by atoms with Crippen LogP contribution in [0.25, 0.3) is 0 Å². The molecule has 0 fully saturated rings. The molecule has 2 aromatic carbocycles. The van der Waals surface area contributed by atoms with Gasteiger partial charge in [-0.1, -0.05) is 35.3 Å². The fourth-order valence-electron chi connectivity index (χ4n) is 1.85. The lowest BCUT2D eigenvalue weighted by Gasteiger charge is -2.11. The number of hydrogen-bond donors (Lipinski definition) is 2. The predicted molar refractivity (Wildman–Crippen MR) is 85.0 cm³/mol. The Kier molecular flexibility index (Phi) is 4.88. The fraction of sp³-hybridized carbons (Fsp3) is 0.133. The van der Waals surface area contributed by atoms with Crippen LogP contribution < -0.4 is 10.6 Å². The number of rotatable bonds is 4. The van der Waals surface area contributed by atoms with Crippen LogP contribution in [0, 0.1) is 0 Å². The SMILES string of the molecule is CCNc1ccccc1C(=O)Nc1cc(Cl)cc(Cl)c1. The maximum absolute atomic E-state index is 12.3. The summed E-state index contributed by atoms with van der Waals surface area (Å²) in [4.78, 5) is 12.3. The average molecular weight is 309 g/mol. The molecule has 0 aliphatic heterocycles. The van der Waals surface area contributed by atoms with E-state index in [1.807, 2.05) is 25.1 Å². The number of nitrogens with one attached hydrogen (secondary N) is 2. The van der Waals surface area contributed by atoms with Crippen LogP contribution in [0.4, 0.5) is 11.4 Å². The summed E-state index contributed by atoms with van der Waals surface area (Å²) in [7, 11) is 0. The molecule has 0 aliphatic carbocycles. The molecule has 104 valence electrons. The van der Waals surface area contributed by atoms with Gasteiger partial charge in [-0.2, -0.15) is 0 Å². The van der Waals surface area contributed by atoms with Crippen LogP contribution in [0.5, 0.6) is 0 Å². The van der Waals surface area contributed by atoms with Crippen molar-refractivity contribution in [3.8, 4) is 0 Å².